The number of rotatable bonds is 4. The van der Waals surface area contributed by atoms with E-state index in [1.807, 2.05) is 6.92 Å². The normalized spacial score (nSPS) is 10.4. The molecule has 0 saturated heterocycles. The Morgan fingerprint density at radius 1 is 1.58 bits per heavy atom. The van der Waals surface area contributed by atoms with E-state index < -0.39 is 0 Å². The van der Waals surface area contributed by atoms with Crippen LogP contribution in [0.25, 0.3) is 0 Å². The van der Waals surface area contributed by atoms with Gasteiger partial charge < -0.3 is 15.5 Å². The fraction of sp³-hybridized carbons (Fsp3) is 0.250. The van der Waals surface area contributed by atoms with E-state index in [0.717, 1.165) is 12.2 Å². The quantitative estimate of drug-likeness (QED) is 0.827. The molecule has 0 bridgehead atoms. The van der Waals surface area contributed by atoms with Crippen molar-refractivity contribution in [3.8, 4) is 0 Å². The van der Waals surface area contributed by atoms with E-state index in [1.165, 1.54) is 10.9 Å². The van der Waals surface area contributed by atoms with Crippen LogP contribution in [-0.4, -0.2) is 20.7 Å². The number of anilines is 1. The average molecular weight is 278 g/mol. The van der Waals surface area contributed by atoms with Crippen molar-refractivity contribution in [1.82, 2.24) is 9.78 Å². The summed E-state index contributed by atoms with van der Waals surface area (Å²) >= 11 is 4.91. The number of aryl methyl sites for hydroxylation is 2. The summed E-state index contributed by atoms with van der Waals surface area (Å²) in [6.07, 6.45) is 2.24. The Kier molecular flexibility index (Phi) is 3.66. The predicted molar refractivity (Wildman–Crippen MR) is 75.1 cm³/mol. The van der Waals surface area contributed by atoms with E-state index >= 15 is 0 Å². The van der Waals surface area contributed by atoms with E-state index in [-0.39, 0.29) is 16.7 Å². The molecule has 0 saturated carbocycles. The maximum Gasteiger partial charge on any atom is 0.292 e. The Hall–Kier alpha value is -2.15. The zero-order chi connectivity index (χ0) is 14.0. The number of aromatic nitrogens is 2. The monoisotopic (exact) mass is 278 g/mol. The van der Waals surface area contributed by atoms with E-state index in [2.05, 4.69) is 10.4 Å². The number of carbonyl (C=O) groups excluding carboxylic acids is 1. The third-order valence-electron chi connectivity index (χ3n) is 2.67. The molecule has 19 heavy (non-hydrogen) atoms. The van der Waals surface area contributed by atoms with Gasteiger partial charge in [0, 0.05) is 13.5 Å². The zero-order valence-electron chi connectivity index (χ0n) is 10.6. The number of nitrogens with zero attached hydrogens (tertiary/aromatic N) is 2. The summed E-state index contributed by atoms with van der Waals surface area (Å²) in [6.45, 7) is 1.95. The summed E-state index contributed by atoms with van der Waals surface area (Å²) in [4.78, 5) is 12.2. The molecule has 2 heterocycles. The highest BCUT2D eigenvalue weighted by molar-refractivity contribution is 7.80. The van der Waals surface area contributed by atoms with Crippen molar-refractivity contribution in [1.29, 1.82) is 0 Å². The Morgan fingerprint density at radius 2 is 2.32 bits per heavy atom. The standard InChI is InChI=1S/C12H14N4O2S/c1-3-7-4-5-9(18-7)12(17)15-11-8(10(13)19)6-14-16(11)2/h4-6H,3H2,1-2H3,(H2,13,19)(H,15,17). The van der Waals surface area contributed by atoms with Gasteiger partial charge in [-0.15, -0.1) is 0 Å². The van der Waals surface area contributed by atoms with Gasteiger partial charge in [0.15, 0.2) is 5.76 Å². The van der Waals surface area contributed by atoms with Crippen molar-refractivity contribution < 1.29 is 9.21 Å². The highest BCUT2D eigenvalue weighted by Crippen LogP contribution is 2.16. The fourth-order valence-electron chi connectivity index (χ4n) is 1.63. The SMILES string of the molecule is CCc1ccc(C(=O)Nc2c(C(N)=S)cnn2C)o1. The number of furan rings is 1. The van der Waals surface area contributed by atoms with Gasteiger partial charge in [-0.2, -0.15) is 5.10 Å². The molecule has 0 radical (unpaired) electrons. The van der Waals surface area contributed by atoms with Gasteiger partial charge in [-0.1, -0.05) is 19.1 Å². The van der Waals surface area contributed by atoms with Crippen LogP contribution in [0.4, 0.5) is 5.82 Å². The molecule has 0 spiro atoms. The lowest BCUT2D eigenvalue weighted by molar-refractivity contribution is 0.0994. The Morgan fingerprint density at radius 3 is 2.89 bits per heavy atom. The lowest BCUT2D eigenvalue weighted by atomic mass is 10.3. The van der Waals surface area contributed by atoms with Crippen LogP contribution in [0.5, 0.6) is 0 Å². The number of thiocarbonyl (C=S) groups is 1. The summed E-state index contributed by atoms with van der Waals surface area (Å²) in [5.74, 6) is 1.09. The van der Waals surface area contributed by atoms with E-state index in [1.54, 1.807) is 19.2 Å². The Labute approximate surface area is 115 Å². The van der Waals surface area contributed by atoms with Crippen LogP contribution in [0.1, 0.15) is 28.8 Å². The predicted octanol–water partition coefficient (Wildman–Crippen LogP) is 1.46. The van der Waals surface area contributed by atoms with Gasteiger partial charge in [-0.05, 0) is 12.1 Å². The van der Waals surface area contributed by atoms with Crippen molar-refractivity contribution in [2.45, 2.75) is 13.3 Å². The maximum atomic E-state index is 12.0. The van der Waals surface area contributed by atoms with Crippen LogP contribution in [-0.2, 0) is 13.5 Å². The lowest BCUT2D eigenvalue weighted by Gasteiger charge is -2.06. The molecule has 2 aromatic rings. The molecule has 0 aliphatic carbocycles. The van der Waals surface area contributed by atoms with Gasteiger partial charge in [0.1, 0.15) is 16.6 Å². The van der Waals surface area contributed by atoms with Gasteiger partial charge >= 0.3 is 0 Å². The largest absolute Gasteiger partial charge is 0.456 e. The lowest BCUT2D eigenvalue weighted by Crippen LogP contribution is -2.18. The van der Waals surface area contributed by atoms with Gasteiger partial charge in [0.05, 0.1) is 11.8 Å². The van der Waals surface area contributed by atoms with Gasteiger partial charge in [-0.25, -0.2) is 0 Å². The van der Waals surface area contributed by atoms with Crippen LogP contribution < -0.4 is 11.1 Å². The molecular formula is C12H14N4O2S. The first-order valence-electron chi connectivity index (χ1n) is 5.74. The van der Waals surface area contributed by atoms with Crippen LogP contribution in [0.15, 0.2) is 22.7 Å². The molecule has 0 aliphatic heterocycles. The average Bonchev–Trinajstić information content (AvgIpc) is 2.97. The van der Waals surface area contributed by atoms with Crippen LogP contribution in [0.3, 0.4) is 0 Å². The molecule has 2 aromatic heterocycles. The van der Waals surface area contributed by atoms with E-state index in [9.17, 15) is 4.79 Å². The number of hydrogen-bond donors (Lipinski definition) is 2. The van der Waals surface area contributed by atoms with Gasteiger partial charge in [0.2, 0.25) is 0 Å². The summed E-state index contributed by atoms with van der Waals surface area (Å²) in [6, 6.07) is 3.40. The molecule has 0 aromatic carbocycles. The zero-order valence-corrected chi connectivity index (χ0v) is 11.5. The molecule has 100 valence electrons. The minimum Gasteiger partial charge on any atom is -0.456 e. The number of nitrogens with two attached hydrogens (primary N) is 1. The van der Waals surface area contributed by atoms with Crippen LogP contribution >= 0.6 is 12.2 Å². The second-order valence-electron chi connectivity index (χ2n) is 3.97. The summed E-state index contributed by atoms with van der Waals surface area (Å²) in [5, 5.41) is 6.70. The molecule has 0 atom stereocenters. The number of amides is 1. The molecule has 6 nitrogen and oxygen atoms in total. The first-order chi connectivity index (χ1) is 9.02. The maximum absolute atomic E-state index is 12.0. The minimum absolute atomic E-state index is 0.178. The van der Waals surface area contributed by atoms with Crippen LogP contribution in [0, 0.1) is 0 Å². The van der Waals surface area contributed by atoms with E-state index in [0.29, 0.717) is 11.4 Å². The molecule has 1 amide bonds. The topological polar surface area (TPSA) is 86.1 Å². The van der Waals surface area contributed by atoms with E-state index in [4.69, 9.17) is 22.4 Å². The third kappa shape index (κ3) is 2.65. The summed E-state index contributed by atoms with van der Waals surface area (Å²) in [5.41, 5.74) is 6.09. The highest BCUT2D eigenvalue weighted by Gasteiger charge is 2.17. The highest BCUT2D eigenvalue weighted by atomic mass is 32.1. The Bertz CT molecular complexity index is 629. The van der Waals surface area contributed by atoms with Gasteiger partial charge in [-0.3, -0.25) is 9.48 Å². The number of hydrogen-bond acceptors (Lipinski definition) is 4. The molecule has 2 rings (SSSR count). The van der Waals surface area contributed by atoms with Crippen molar-refractivity contribution in [3.05, 3.63) is 35.4 Å². The Balaban J connectivity index is 2.23. The van der Waals surface area contributed by atoms with Gasteiger partial charge in [0.25, 0.3) is 5.91 Å². The van der Waals surface area contributed by atoms with Crippen LogP contribution in [0.2, 0.25) is 0 Å². The summed E-state index contributed by atoms with van der Waals surface area (Å²) < 4.78 is 6.87. The molecular weight excluding hydrogens is 264 g/mol. The molecule has 7 heteroatoms. The molecule has 0 aliphatic rings. The number of carbonyl (C=O) groups is 1. The van der Waals surface area contributed by atoms with Crippen molar-refractivity contribution >= 4 is 28.9 Å². The van der Waals surface area contributed by atoms with Crippen molar-refractivity contribution in [2.75, 3.05) is 5.32 Å². The smallest absolute Gasteiger partial charge is 0.292 e. The molecule has 0 fully saturated rings. The minimum atomic E-state index is -0.360. The molecule has 0 unspecified atom stereocenters. The summed E-state index contributed by atoms with van der Waals surface area (Å²) in [7, 11) is 1.69. The number of nitrogens with one attached hydrogen (secondary N) is 1. The third-order valence-corrected chi connectivity index (χ3v) is 2.89. The second kappa shape index (κ2) is 5.23. The first kappa shape index (κ1) is 13.3. The van der Waals surface area contributed by atoms with Crippen molar-refractivity contribution in [2.24, 2.45) is 12.8 Å². The van der Waals surface area contributed by atoms with Crippen molar-refractivity contribution in [3.63, 3.8) is 0 Å². The molecule has 3 N–H and O–H groups in total. The second-order valence-corrected chi connectivity index (χ2v) is 4.41. The fourth-order valence-corrected chi connectivity index (χ4v) is 1.77. The first-order valence-corrected chi connectivity index (χ1v) is 6.15.